The van der Waals surface area contributed by atoms with Crippen molar-refractivity contribution in [2.24, 2.45) is 0 Å². The highest BCUT2D eigenvalue weighted by Crippen LogP contribution is 2.18. The van der Waals surface area contributed by atoms with Crippen LogP contribution in [0.2, 0.25) is 0 Å². The molecule has 0 aliphatic carbocycles. The molecular formula is C3H4F3NO2. The number of amides is 1. The fourth-order valence-corrected chi connectivity index (χ4v) is 0.222. The van der Waals surface area contributed by atoms with Crippen molar-refractivity contribution >= 4 is 5.91 Å². The summed E-state index contributed by atoms with van der Waals surface area (Å²) in [4.78, 5) is 9.75. The maximum absolute atomic E-state index is 11.1. The Morgan fingerprint density at radius 2 is 2.00 bits per heavy atom. The molecule has 0 aromatic heterocycles. The Balaban J connectivity index is 3.60. The topological polar surface area (TPSA) is 49.3 Å². The van der Waals surface area contributed by atoms with E-state index in [-0.39, 0.29) is 0 Å². The monoisotopic (exact) mass is 143 g/mol. The predicted molar refractivity (Wildman–Crippen MR) is 20.6 cm³/mol. The van der Waals surface area contributed by atoms with Gasteiger partial charge in [-0.2, -0.15) is 13.2 Å². The first kappa shape index (κ1) is 8.22. The molecule has 9 heavy (non-hydrogen) atoms. The highest BCUT2D eigenvalue weighted by Gasteiger charge is 2.30. The number of hydrogen-bond acceptors (Lipinski definition) is 2. The van der Waals surface area contributed by atoms with Gasteiger partial charge >= 0.3 is 6.18 Å². The Morgan fingerprint density at radius 1 is 1.56 bits per heavy atom. The van der Waals surface area contributed by atoms with Crippen molar-refractivity contribution in [2.45, 2.75) is 12.6 Å². The Bertz CT molecular complexity index is 110. The van der Waals surface area contributed by atoms with Gasteiger partial charge in [-0.25, -0.2) is 5.48 Å². The number of carbonyl (C=O) groups is 1. The van der Waals surface area contributed by atoms with E-state index in [1.165, 1.54) is 0 Å². The fraction of sp³-hybridized carbons (Fsp3) is 0.667. The second-order valence-corrected chi connectivity index (χ2v) is 1.33. The lowest BCUT2D eigenvalue weighted by Gasteiger charge is -2.01. The van der Waals surface area contributed by atoms with E-state index in [1.807, 2.05) is 0 Å². The molecule has 0 atom stereocenters. The predicted octanol–water partition coefficient (Wildman–Crippen LogP) is 0.444. The van der Waals surface area contributed by atoms with Crippen molar-refractivity contribution in [1.82, 2.24) is 5.48 Å². The lowest BCUT2D eigenvalue weighted by molar-refractivity contribution is -0.159. The summed E-state index contributed by atoms with van der Waals surface area (Å²) in [7, 11) is 0. The molecule has 0 heterocycles. The van der Waals surface area contributed by atoms with Gasteiger partial charge in [-0.1, -0.05) is 0 Å². The first-order valence-electron chi connectivity index (χ1n) is 1.95. The smallest absolute Gasteiger partial charge is 0.289 e. The van der Waals surface area contributed by atoms with E-state index in [0.717, 1.165) is 5.48 Å². The van der Waals surface area contributed by atoms with Gasteiger partial charge in [0.1, 0.15) is 6.42 Å². The highest BCUT2D eigenvalue weighted by atomic mass is 19.4. The molecule has 2 N–H and O–H groups in total. The molecule has 0 aliphatic heterocycles. The summed E-state index contributed by atoms with van der Waals surface area (Å²) in [6.45, 7) is 0. The van der Waals surface area contributed by atoms with E-state index in [4.69, 9.17) is 5.21 Å². The standard InChI is InChI=1S/C3H4F3NO2/c4-3(5,6)1-2(8)7-9/h9H,1H2,(H,7,8). The first-order valence-corrected chi connectivity index (χ1v) is 1.95. The minimum Gasteiger partial charge on any atom is -0.289 e. The molecule has 54 valence electrons. The maximum atomic E-state index is 11.1. The Morgan fingerprint density at radius 3 is 2.11 bits per heavy atom. The molecule has 0 fully saturated rings. The summed E-state index contributed by atoms with van der Waals surface area (Å²) in [6, 6.07) is 0. The molecule has 0 aromatic carbocycles. The molecular weight excluding hydrogens is 139 g/mol. The Labute approximate surface area is 48.4 Å². The van der Waals surface area contributed by atoms with Gasteiger partial charge in [0, 0.05) is 0 Å². The van der Waals surface area contributed by atoms with Crippen LogP contribution in [0.3, 0.4) is 0 Å². The van der Waals surface area contributed by atoms with Gasteiger partial charge in [0.15, 0.2) is 0 Å². The summed E-state index contributed by atoms with van der Waals surface area (Å²) in [5.41, 5.74) is 0.863. The van der Waals surface area contributed by atoms with Gasteiger partial charge in [-0.3, -0.25) is 10.0 Å². The molecule has 0 aliphatic rings. The third-order valence-corrected chi connectivity index (χ3v) is 0.486. The fourth-order valence-electron chi connectivity index (χ4n) is 0.222. The molecule has 6 heteroatoms. The van der Waals surface area contributed by atoms with Crippen LogP contribution in [0, 0.1) is 0 Å². The van der Waals surface area contributed by atoms with Crippen LogP contribution in [0.1, 0.15) is 6.42 Å². The zero-order valence-corrected chi connectivity index (χ0v) is 4.20. The van der Waals surface area contributed by atoms with Crippen LogP contribution in [-0.2, 0) is 4.79 Å². The Kier molecular flexibility index (Phi) is 2.44. The largest absolute Gasteiger partial charge is 0.397 e. The number of halogens is 3. The maximum Gasteiger partial charge on any atom is 0.397 e. The minimum atomic E-state index is -4.55. The molecule has 1 amide bonds. The first-order chi connectivity index (χ1) is 3.95. The number of alkyl halides is 3. The van der Waals surface area contributed by atoms with Gasteiger partial charge < -0.3 is 0 Å². The van der Waals surface area contributed by atoms with E-state index in [1.54, 1.807) is 0 Å². The zero-order chi connectivity index (χ0) is 7.49. The van der Waals surface area contributed by atoms with Gasteiger partial charge in [0.05, 0.1) is 0 Å². The van der Waals surface area contributed by atoms with Gasteiger partial charge in [0.2, 0.25) is 0 Å². The molecule has 0 bridgehead atoms. The third-order valence-electron chi connectivity index (χ3n) is 0.486. The summed E-state index contributed by atoms with van der Waals surface area (Å²) in [5.74, 6) is -1.46. The Hall–Kier alpha value is -0.780. The normalized spacial score (nSPS) is 11.1. The highest BCUT2D eigenvalue weighted by molar-refractivity contribution is 5.75. The summed E-state index contributed by atoms with van der Waals surface area (Å²) in [5, 5.41) is 7.60. The average Bonchev–Trinajstić information content (AvgIpc) is 1.62. The molecule has 3 nitrogen and oxygen atoms in total. The van der Waals surface area contributed by atoms with Crippen LogP contribution >= 0.6 is 0 Å². The molecule has 0 radical (unpaired) electrons. The van der Waals surface area contributed by atoms with Gasteiger partial charge in [0.25, 0.3) is 5.91 Å². The van der Waals surface area contributed by atoms with Crippen LogP contribution < -0.4 is 5.48 Å². The molecule has 0 saturated carbocycles. The second-order valence-electron chi connectivity index (χ2n) is 1.33. The lowest BCUT2D eigenvalue weighted by atomic mass is 10.4. The number of rotatable bonds is 1. The van der Waals surface area contributed by atoms with Crippen molar-refractivity contribution in [1.29, 1.82) is 0 Å². The lowest BCUT2D eigenvalue weighted by Crippen LogP contribution is -2.25. The number of nitrogens with one attached hydrogen (secondary N) is 1. The summed E-state index contributed by atoms with van der Waals surface area (Å²) < 4.78 is 33.4. The van der Waals surface area contributed by atoms with Gasteiger partial charge in [-0.05, 0) is 0 Å². The van der Waals surface area contributed by atoms with Crippen LogP contribution in [0.4, 0.5) is 13.2 Å². The SMILES string of the molecule is O=C(CC(F)(F)F)NO. The number of hydrogen-bond donors (Lipinski definition) is 2. The molecule has 0 unspecified atom stereocenters. The van der Waals surface area contributed by atoms with Crippen molar-refractivity contribution in [3.05, 3.63) is 0 Å². The molecule has 0 aromatic rings. The van der Waals surface area contributed by atoms with Crippen molar-refractivity contribution < 1.29 is 23.2 Å². The molecule has 0 rings (SSSR count). The van der Waals surface area contributed by atoms with Gasteiger partial charge in [-0.15, -0.1) is 0 Å². The summed E-state index contributed by atoms with van der Waals surface area (Å²) in [6.07, 6.45) is -6.20. The van der Waals surface area contributed by atoms with Crippen LogP contribution in [-0.4, -0.2) is 17.3 Å². The number of hydroxylamine groups is 1. The van der Waals surface area contributed by atoms with Crippen LogP contribution in [0.5, 0.6) is 0 Å². The van der Waals surface area contributed by atoms with Crippen molar-refractivity contribution in [3.63, 3.8) is 0 Å². The molecule has 0 spiro atoms. The minimum absolute atomic E-state index is 0.863. The van der Waals surface area contributed by atoms with E-state index < -0.39 is 18.5 Å². The average molecular weight is 143 g/mol. The molecule has 0 saturated heterocycles. The van der Waals surface area contributed by atoms with E-state index in [2.05, 4.69) is 0 Å². The third kappa shape index (κ3) is 5.09. The zero-order valence-electron chi connectivity index (χ0n) is 4.20. The quantitative estimate of drug-likeness (QED) is 0.413. The summed E-state index contributed by atoms with van der Waals surface area (Å²) >= 11 is 0. The number of carbonyl (C=O) groups excluding carboxylic acids is 1. The van der Waals surface area contributed by atoms with E-state index in [0.29, 0.717) is 0 Å². The van der Waals surface area contributed by atoms with Crippen molar-refractivity contribution in [2.75, 3.05) is 0 Å². The van der Waals surface area contributed by atoms with Crippen LogP contribution in [0.15, 0.2) is 0 Å². The van der Waals surface area contributed by atoms with E-state index >= 15 is 0 Å². The second kappa shape index (κ2) is 2.67. The van der Waals surface area contributed by atoms with Crippen molar-refractivity contribution in [3.8, 4) is 0 Å². The van der Waals surface area contributed by atoms with Crippen LogP contribution in [0.25, 0.3) is 0 Å². The van der Waals surface area contributed by atoms with E-state index in [9.17, 15) is 18.0 Å².